The van der Waals surface area contributed by atoms with Gasteiger partial charge in [-0.15, -0.1) is 0 Å². The molecule has 2 N–H and O–H groups in total. The predicted molar refractivity (Wildman–Crippen MR) is 67.1 cm³/mol. The van der Waals surface area contributed by atoms with E-state index in [1.807, 2.05) is 29.7 Å². The molecule has 3 aromatic rings. The third-order valence-electron chi connectivity index (χ3n) is 2.58. The second-order valence-electron chi connectivity index (χ2n) is 3.85. The van der Waals surface area contributed by atoms with Crippen molar-refractivity contribution < 1.29 is 4.42 Å². The molecule has 5 heteroatoms. The molecule has 86 valence electrons. The average Bonchev–Trinajstić information content (AvgIpc) is 2.84. The van der Waals surface area contributed by atoms with Crippen LogP contribution in [0, 0.1) is 6.92 Å². The normalized spacial score (nSPS) is 11.2. The van der Waals surface area contributed by atoms with Gasteiger partial charge in [0.25, 0.3) is 0 Å². The van der Waals surface area contributed by atoms with Crippen LogP contribution in [-0.2, 0) is 0 Å². The maximum Gasteiger partial charge on any atom is 0.182 e. The van der Waals surface area contributed by atoms with Gasteiger partial charge >= 0.3 is 0 Å². The fraction of sp³-hybridized carbons (Fsp3) is 0.0833. The predicted octanol–water partition coefficient (Wildman–Crippen LogP) is 3.14. The molecule has 0 saturated carbocycles. The van der Waals surface area contributed by atoms with Crippen LogP contribution in [0.1, 0.15) is 5.76 Å². The van der Waals surface area contributed by atoms with Crippen molar-refractivity contribution in [2.24, 2.45) is 0 Å². The number of pyridine rings is 1. The van der Waals surface area contributed by atoms with Crippen LogP contribution in [0.3, 0.4) is 0 Å². The number of imidazole rings is 1. The molecule has 0 aliphatic carbocycles. The first-order valence-corrected chi connectivity index (χ1v) is 5.53. The van der Waals surface area contributed by atoms with Crippen molar-refractivity contribution in [3.63, 3.8) is 0 Å². The third-order valence-corrected chi connectivity index (χ3v) is 2.86. The standard InChI is InChI=1S/C12H10ClN3O/c1-7-2-3-10(17-7)12-15-11(13)9-6-8(14)4-5-16(9)12/h2-6H,14H2,1H3. The van der Waals surface area contributed by atoms with E-state index in [2.05, 4.69) is 4.98 Å². The Kier molecular flexibility index (Phi) is 2.12. The van der Waals surface area contributed by atoms with Gasteiger partial charge in [-0.2, -0.15) is 0 Å². The Balaban J connectivity index is 2.31. The number of aryl methyl sites for hydroxylation is 1. The van der Waals surface area contributed by atoms with E-state index in [1.165, 1.54) is 0 Å². The molecule has 0 radical (unpaired) electrons. The number of hydrogen-bond donors (Lipinski definition) is 1. The van der Waals surface area contributed by atoms with E-state index in [-0.39, 0.29) is 0 Å². The lowest BCUT2D eigenvalue weighted by Crippen LogP contribution is -1.90. The summed E-state index contributed by atoms with van der Waals surface area (Å²) in [5.74, 6) is 2.20. The van der Waals surface area contributed by atoms with Gasteiger partial charge in [0.05, 0.1) is 5.52 Å². The molecule has 0 unspecified atom stereocenters. The summed E-state index contributed by atoms with van der Waals surface area (Å²) in [4.78, 5) is 4.29. The van der Waals surface area contributed by atoms with Crippen LogP contribution >= 0.6 is 11.6 Å². The first-order valence-electron chi connectivity index (χ1n) is 5.15. The van der Waals surface area contributed by atoms with E-state index in [0.717, 1.165) is 11.3 Å². The van der Waals surface area contributed by atoms with Crippen molar-refractivity contribution in [1.82, 2.24) is 9.38 Å². The summed E-state index contributed by atoms with van der Waals surface area (Å²) < 4.78 is 7.41. The van der Waals surface area contributed by atoms with Crippen LogP contribution in [0.25, 0.3) is 17.1 Å². The van der Waals surface area contributed by atoms with Crippen molar-refractivity contribution >= 4 is 22.8 Å². The molecule has 0 amide bonds. The second kappa shape index (κ2) is 3.53. The van der Waals surface area contributed by atoms with Gasteiger partial charge in [-0.1, -0.05) is 11.6 Å². The first-order chi connectivity index (χ1) is 8.15. The highest BCUT2D eigenvalue weighted by Crippen LogP contribution is 2.27. The zero-order chi connectivity index (χ0) is 12.0. The highest BCUT2D eigenvalue weighted by Gasteiger charge is 2.13. The summed E-state index contributed by atoms with van der Waals surface area (Å²) in [5, 5.41) is 0.418. The molecule has 17 heavy (non-hydrogen) atoms. The van der Waals surface area contributed by atoms with E-state index in [0.29, 0.717) is 22.4 Å². The quantitative estimate of drug-likeness (QED) is 0.719. The minimum absolute atomic E-state index is 0.418. The van der Waals surface area contributed by atoms with Gasteiger partial charge in [0.15, 0.2) is 16.7 Å². The molecule has 0 saturated heterocycles. The van der Waals surface area contributed by atoms with Gasteiger partial charge < -0.3 is 10.2 Å². The summed E-state index contributed by atoms with van der Waals surface area (Å²) in [6.45, 7) is 1.89. The number of hydrogen-bond acceptors (Lipinski definition) is 3. The van der Waals surface area contributed by atoms with Crippen LogP contribution in [-0.4, -0.2) is 9.38 Å². The number of fused-ring (bicyclic) bond motifs is 1. The number of nitrogens with two attached hydrogens (primary N) is 1. The number of halogens is 1. The molecule has 0 bridgehead atoms. The zero-order valence-corrected chi connectivity index (χ0v) is 9.90. The van der Waals surface area contributed by atoms with Crippen LogP contribution in [0.15, 0.2) is 34.9 Å². The molecule has 3 aromatic heterocycles. The van der Waals surface area contributed by atoms with Crippen molar-refractivity contribution in [2.75, 3.05) is 5.73 Å². The summed E-state index contributed by atoms with van der Waals surface area (Å²) in [6.07, 6.45) is 1.83. The summed E-state index contributed by atoms with van der Waals surface area (Å²) in [6, 6.07) is 7.34. The number of nitrogen functional groups attached to an aromatic ring is 1. The van der Waals surface area contributed by atoms with E-state index >= 15 is 0 Å². The van der Waals surface area contributed by atoms with E-state index in [4.69, 9.17) is 21.8 Å². The number of nitrogens with zero attached hydrogens (tertiary/aromatic N) is 2. The Morgan fingerprint density at radius 1 is 1.35 bits per heavy atom. The van der Waals surface area contributed by atoms with Gasteiger partial charge in [0.1, 0.15) is 5.76 Å². The monoisotopic (exact) mass is 247 g/mol. The van der Waals surface area contributed by atoms with Crippen molar-refractivity contribution in [3.05, 3.63) is 41.4 Å². The highest BCUT2D eigenvalue weighted by molar-refractivity contribution is 6.33. The molecule has 4 nitrogen and oxygen atoms in total. The van der Waals surface area contributed by atoms with Crippen LogP contribution < -0.4 is 5.73 Å². The molecule has 3 rings (SSSR count). The Bertz CT molecular complexity index is 699. The van der Waals surface area contributed by atoms with Gasteiger partial charge in [-0.25, -0.2) is 4.98 Å². The van der Waals surface area contributed by atoms with Crippen molar-refractivity contribution in [1.29, 1.82) is 0 Å². The maximum absolute atomic E-state index is 6.08. The SMILES string of the molecule is Cc1ccc(-c2nc(Cl)c3cc(N)ccn23)o1. The third kappa shape index (κ3) is 1.57. The summed E-state index contributed by atoms with van der Waals surface area (Å²) in [7, 11) is 0. The highest BCUT2D eigenvalue weighted by atomic mass is 35.5. The maximum atomic E-state index is 6.08. The minimum Gasteiger partial charge on any atom is -0.458 e. The van der Waals surface area contributed by atoms with Gasteiger partial charge in [-0.3, -0.25) is 4.40 Å². The molecule has 0 atom stereocenters. The number of anilines is 1. The first kappa shape index (κ1) is 10.2. The summed E-state index contributed by atoms with van der Waals surface area (Å²) in [5.41, 5.74) is 7.15. The molecule has 0 spiro atoms. The minimum atomic E-state index is 0.418. The van der Waals surface area contributed by atoms with Gasteiger partial charge in [0.2, 0.25) is 0 Å². The molecule has 0 aromatic carbocycles. The molecule has 0 aliphatic heterocycles. The van der Waals surface area contributed by atoms with Crippen LogP contribution in [0.5, 0.6) is 0 Å². The number of rotatable bonds is 1. The largest absolute Gasteiger partial charge is 0.458 e. The van der Waals surface area contributed by atoms with Gasteiger partial charge in [-0.05, 0) is 31.2 Å². The fourth-order valence-corrected chi connectivity index (χ4v) is 2.02. The average molecular weight is 248 g/mol. The Morgan fingerprint density at radius 3 is 2.88 bits per heavy atom. The van der Waals surface area contributed by atoms with Gasteiger partial charge in [0, 0.05) is 11.9 Å². The smallest absolute Gasteiger partial charge is 0.182 e. The van der Waals surface area contributed by atoms with Crippen LogP contribution in [0.4, 0.5) is 5.69 Å². The van der Waals surface area contributed by atoms with E-state index in [1.54, 1.807) is 12.1 Å². The topological polar surface area (TPSA) is 56.5 Å². The molecular formula is C12H10ClN3O. The van der Waals surface area contributed by atoms with E-state index < -0.39 is 0 Å². The Hall–Kier alpha value is -1.94. The molecule has 0 aliphatic rings. The zero-order valence-electron chi connectivity index (χ0n) is 9.14. The molecule has 3 heterocycles. The van der Waals surface area contributed by atoms with Crippen molar-refractivity contribution in [3.8, 4) is 11.6 Å². The second-order valence-corrected chi connectivity index (χ2v) is 4.21. The number of furan rings is 1. The molecule has 0 fully saturated rings. The summed E-state index contributed by atoms with van der Waals surface area (Å²) >= 11 is 6.08. The van der Waals surface area contributed by atoms with Crippen LogP contribution in [0.2, 0.25) is 5.15 Å². The van der Waals surface area contributed by atoms with E-state index in [9.17, 15) is 0 Å². The Morgan fingerprint density at radius 2 is 2.18 bits per heavy atom. The lowest BCUT2D eigenvalue weighted by molar-refractivity contribution is 0.544. The van der Waals surface area contributed by atoms with Crippen molar-refractivity contribution in [2.45, 2.75) is 6.92 Å². The molecular weight excluding hydrogens is 238 g/mol. The lowest BCUT2D eigenvalue weighted by atomic mass is 10.3. The fourth-order valence-electron chi connectivity index (χ4n) is 1.79. The lowest BCUT2D eigenvalue weighted by Gasteiger charge is -1.99. The number of aromatic nitrogens is 2. The Labute approximate surface area is 103 Å².